The van der Waals surface area contributed by atoms with Crippen molar-refractivity contribution in [2.75, 3.05) is 13.2 Å². The van der Waals surface area contributed by atoms with Crippen LogP contribution in [0, 0.1) is 4.77 Å². The Bertz CT molecular complexity index is 1170. The van der Waals surface area contributed by atoms with Crippen LogP contribution < -0.4 is 20.7 Å². The van der Waals surface area contributed by atoms with Gasteiger partial charge < -0.3 is 19.0 Å². The van der Waals surface area contributed by atoms with Crippen LogP contribution in [0.5, 0.6) is 11.5 Å². The Kier molecular flexibility index (Phi) is 5.22. The van der Waals surface area contributed by atoms with E-state index in [-0.39, 0.29) is 0 Å². The number of rotatable bonds is 6. The smallest absolute Gasteiger partial charge is 0.332 e. The van der Waals surface area contributed by atoms with E-state index in [9.17, 15) is 9.59 Å². The van der Waals surface area contributed by atoms with Gasteiger partial charge in [0.05, 0.1) is 19.8 Å². The molecular formula is C18H22N4O4S. The van der Waals surface area contributed by atoms with Crippen molar-refractivity contribution in [3.63, 3.8) is 0 Å². The SMILES string of the molecule is CCOc1ccc(Cn2c(=S)[nH]c3c2c(=O)n(C)c(=O)n3C)cc1OCC. The van der Waals surface area contributed by atoms with E-state index in [0.29, 0.717) is 47.2 Å². The Morgan fingerprint density at radius 1 is 1.04 bits per heavy atom. The maximum atomic E-state index is 12.7. The Balaban J connectivity index is 2.14. The topological polar surface area (TPSA) is 83.2 Å². The maximum Gasteiger partial charge on any atom is 0.332 e. The summed E-state index contributed by atoms with van der Waals surface area (Å²) >= 11 is 5.40. The summed E-state index contributed by atoms with van der Waals surface area (Å²) in [4.78, 5) is 27.7. The lowest BCUT2D eigenvalue weighted by atomic mass is 10.2. The lowest BCUT2D eigenvalue weighted by Gasteiger charge is -2.13. The van der Waals surface area contributed by atoms with Crippen LogP contribution >= 0.6 is 12.2 Å². The molecule has 3 rings (SSSR count). The van der Waals surface area contributed by atoms with Crippen molar-refractivity contribution in [2.24, 2.45) is 14.1 Å². The predicted molar refractivity (Wildman–Crippen MR) is 105 cm³/mol. The Morgan fingerprint density at radius 2 is 1.70 bits per heavy atom. The Hall–Kier alpha value is -2.81. The van der Waals surface area contributed by atoms with Crippen LogP contribution in [0.4, 0.5) is 0 Å². The molecule has 8 nitrogen and oxygen atoms in total. The van der Waals surface area contributed by atoms with E-state index in [0.717, 1.165) is 10.1 Å². The van der Waals surface area contributed by atoms with E-state index < -0.39 is 11.2 Å². The second kappa shape index (κ2) is 7.43. The lowest BCUT2D eigenvalue weighted by molar-refractivity contribution is 0.287. The van der Waals surface area contributed by atoms with Gasteiger partial charge in [-0.25, -0.2) is 4.79 Å². The summed E-state index contributed by atoms with van der Waals surface area (Å²) in [7, 11) is 3.05. The largest absolute Gasteiger partial charge is 0.490 e. The first-order chi connectivity index (χ1) is 12.9. The van der Waals surface area contributed by atoms with Crippen LogP contribution in [-0.2, 0) is 20.6 Å². The molecule has 1 N–H and O–H groups in total. The minimum absolute atomic E-state index is 0.358. The molecule has 0 atom stereocenters. The van der Waals surface area contributed by atoms with Crippen molar-refractivity contribution in [1.82, 2.24) is 18.7 Å². The van der Waals surface area contributed by atoms with E-state index in [1.807, 2.05) is 32.0 Å². The van der Waals surface area contributed by atoms with E-state index in [4.69, 9.17) is 21.7 Å². The van der Waals surface area contributed by atoms with Crippen LogP contribution in [0.15, 0.2) is 27.8 Å². The molecule has 0 radical (unpaired) electrons. The van der Waals surface area contributed by atoms with Crippen LogP contribution in [0.1, 0.15) is 19.4 Å². The van der Waals surface area contributed by atoms with Gasteiger partial charge in [-0.1, -0.05) is 6.07 Å². The molecule has 0 bridgehead atoms. The number of aromatic amines is 1. The molecule has 9 heteroatoms. The predicted octanol–water partition coefficient (Wildman–Crippen LogP) is 1.94. The Morgan fingerprint density at radius 3 is 2.37 bits per heavy atom. The molecule has 0 amide bonds. The number of imidazole rings is 1. The normalized spacial score (nSPS) is 11.1. The van der Waals surface area contributed by atoms with Gasteiger partial charge in [0.25, 0.3) is 5.56 Å². The highest BCUT2D eigenvalue weighted by atomic mass is 32.1. The summed E-state index contributed by atoms with van der Waals surface area (Å²) in [6.45, 7) is 5.23. The zero-order chi connectivity index (χ0) is 19.7. The number of hydrogen-bond acceptors (Lipinski definition) is 5. The first-order valence-electron chi connectivity index (χ1n) is 8.66. The summed E-state index contributed by atoms with van der Waals surface area (Å²) in [6.07, 6.45) is 0. The van der Waals surface area contributed by atoms with Crippen molar-refractivity contribution in [3.8, 4) is 11.5 Å². The number of hydrogen-bond donors (Lipinski definition) is 1. The van der Waals surface area contributed by atoms with Crippen LogP contribution in [0.2, 0.25) is 0 Å². The molecule has 0 unspecified atom stereocenters. The molecule has 0 aliphatic rings. The van der Waals surface area contributed by atoms with Gasteiger partial charge in [0, 0.05) is 14.1 Å². The fraction of sp³-hybridized carbons (Fsp3) is 0.389. The van der Waals surface area contributed by atoms with Crippen LogP contribution in [0.3, 0.4) is 0 Å². The fourth-order valence-electron chi connectivity index (χ4n) is 3.01. The van der Waals surface area contributed by atoms with Gasteiger partial charge in [0.15, 0.2) is 21.8 Å². The molecule has 3 aromatic rings. The quantitative estimate of drug-likeness (QED) is 0.651. The number of fused-ring (bicyclic) bond motifs is 1. The van der Waals surface area contributed by atoms with E-state index in [1.54, 1.807) is 11.6 Å². The average molecular weight is 390 g/mol. The molecule has 0 saturated heterocycles. The standard InChI is InChI=1S/C18H22N4O4S/c1-5-25-12-8-7-11(9-13(12)26-6-2)10-22-14-15(19-17(22)27)20(3)18(24)21(4)16(14)23/h7-9H,5-6,10H2,1-4H3,(H,19,27). The molecular weight excluding hydrogens is 368 g/mol. The summed E-state index contributed by atoms with van der Waals surface area (Å²) < 4.78 is 15.8. The average Bonchev–Trinajstić information content (AvgIpc) is 2.97. The number of nitrogens with one attached hydrogen (secondary N) is 1. The van der Waals surface area contributed by atoms with Crippen molar-refractivity contribution in [2.45, 2.75) is 20.4 Å². The third-order valence-electron chi connectivity index (χ3n) is 4.33. The molecule has 0 saturated carbocycles. The van der Waals surface area contributed by atoms with Crippen molar-refractivity contribution in [1.29, 1.82) is 0 Å². The summed E-state index contributed by atoms with van der Waals surface area (Å²) in [5.74, 6) is 1.31. The minimum Gasteiger partial charge on any atom is -0.490 e. The number of H-pyrrole nitrogens is 1. The third-order valence-corrected chi connectivity index (χ3v) is 4.65. The summed E-state index contributed by atoms with van der Waals surface area (Å²) in [5.41, 5.74) is 0.863. The highest BCUT2D eigenvalue weighted by Gasteiger charge is 2.16. The first-order valence-corrected chi connectivity index (χ1v) is 9.06. The molecule has 0 aliphatic heterocycles. The van der Waals surface area contributed by atoms with E-state index >= 15 is 0 Å². The fourth-order valence-corrected chi connectivity index (χ4v) is 3.26. The molecule has 0 spiro atoms. The number of aromatic nitrogens is 4. The Labute approximate surface area is 160 Å². The number of ether oxygens (including phenoxy) is 2. The molecule has 0 aliphatic carbocycles. The van der Waals surface area contributed by atoms with Crippen molar-refractivity contribution < 1.29 is 9.47 Å². The van der Waals surface area contributed by atoms with Crippen molar-refractivity contribution >= 4 is 23.4 Å². The monoisotopic (exact) mass is 390 g/mol. The van der Waals surface area contributed by atoms with Gasteiger partial charge in [-0.2, -0.15) is 0 Å². The summed E-state index contributed by atoms with van der Waals surface area (Å²) in [5, 5.41) is 0. The van der Waals surface area contributed by atoms with Crippen LogP contribution in [0.25, 0.3) is 11.2 Å². The first kappa shape index (κ1) is 19.0. The van der Waals surface area contributed by atoms with Gasteiger partial charge in [0.2, 0.25) is 0 Å². The number of nitrogens with zero attached hydrogens (tertiary/aromatic N) is 3. The highest BCUT2D eigenvalue weighted by molar-refractivity contribution is 7.71. The zero-order valence-electron chi connectivity index (χ0n) is 15.7. The van der Waals surface area contributed by atoms with Gasteiger partial charge in [0.1, 0.15) is 5.65 Å². The maximum absolute atomic E-state index is 12.7. The lowest BCUT2D eigenvalue weighted by Crippen LogP contribution is -2.37. The van der Waals surface area contributed by atoms with Gasteiger partial charge in [-0.3, -0.25) is 13.9 Å². The third kappa shape index (κ3) is 3.30. The molecule has 0 fully saturated rings. The summed E-state index contributed by atoms with van der Waals surface area (Å²) in [6, 6.07) is 5.62. The second-order valence-corrected chi connectivity index (χ2v) is 6.45. The van der Waals surface area contributed by atoms with E-state index in [2.05, 4.69) is 4.98 Å². The highest BCUT2D eigenvalue weighted by Crippen LogP contribution is 2.29. The molecule has 144 valence electrons. The van der Waals surface area contributed by atoms with Gasteiger partial charge in [-0.15, -0.1) is 0 Å². The van der Waals surface area contributed by atoms with Gasteiger partial charge in [-0.05, 0) is 43.8 Å². The molecule has 1 aromatic carbocycles. The van der Waals surface area contributed by atoms with Crippen LogP contribution in [-0.4, -0.2) is 31.9 Å². The molecule has 2 aromatic heterocycles. The number of aryl methyl sites for hydroxylation is 1. The van der Waals surface area contributed by atoms with Crippen molar-refractivity contribution in [3.05, 3.63) is 49.4 Å². The number of benzene rings is 1. The second-order valence-electron chi connectivity index (χ2n) is 6.07. The zero-order valence-corrected chi connectivity index (χ0v) is 16.6. The van der Waals surface area contributed by atoms with E-state index in [1.165, 1.54) is 11.6 Å². The molecule has 27 heavy (non-hydrogen) atoms. The molecule has 2 heterocycles. The van der Waals surface area contributed by atoms with Gasteiger partial charge >= 0.3 is 5.69 Å². The minimum atomic E-state index is -0.407.